The van der Waals surface area contributed by atoms with Crippen molar-refractivity contribution in [1.82, 2.24) is 0 Å². The van der Waals surface area contributed by atoms with E-state index < -0.39 is 0 Å². The molecule has 0 heterocycles. The van der Waals surface area contributed by atoms with Gasteiger partial charge in [-0.1, -0.05) is 39.3 Å². The van der Waals surface area contributed by atoms with Gasteiger partial charge < -0.3 is 5.11 Å². The fourth-order valence-corrected chi connectivity index (χ4v) is 2.56. The summed E-state index contributed by atoms with van der Waals surface area (Å²) < 4.78 is 0. The Bertz CT molecular complexity index is 201. The van der Waals surface area contributed by atoms with Crippen LogP contribution in [-0.2, 0) is 0 Å². The summed E-state index contributed by atoms with van der Waals surface area (Å²) in [5, 5.41) is 9.03. The highest BCUT2D eigenvalue weighted by Gasteiger charge is 2.39. The molecule has 0 aromatic rings. The second kappa shape index (κ2) is 3.45. The molecule has 1 aliphatic rings. The highest BCUT2D eigenvalue weighted by molar-refractivity contribution is 5.19. The Labute approximate surface area is 81.9 Å². The predicted molar refractivity (Wildman–Crippen MR) is 56.6 cm³/mol. The summed E-state index contributed by atoms with van der Waals surface area (Å²) in [6.45, 7) is 11.3. The van der Waals surface area contributed by atoms with Crippen LogP contribution in [0.4, 0.5) is 0 Å². The summed E-state index contributed by atoms with van der Waals surface area (Å²) in [6, 6.07) is 0. The molecule has 0 aromatic heterocycles. The number of hydrogen-bond donors (Lipinski definition) is 1. The van der Waals surface area contributed by atoms with Gasteiger partial charge >= 0.3 is 0 Å². The van der Waals surface area contributed by atoms with E-state index in [1.807, 2.05) is 0 Å². The van der Waals surface area contributed by atoms with Crippen molar-refractivity contribution < 1.29 is 5.11 Å². The van der Waals surface area contributed by atoms with Crippen LogP contribution in [0.5, 0.6) is 0 Å². The summed E-state index contributed by atoms with van der Waals surface area (Å²) in [5.41, 5.74) is 1.78. The van der Waals surface area contributed by atoms with Crippen molar-refractivity contribution in [2.24, 2.45) is 10.8 Å². The van der Waals surface area contributed by atoms with Crippen molar-refractivity contribution >= 4 is 0 Å². The molecule has 1 rings (SSSR count). The Morgan fingerprint density at radius 3 is 2.46 bits per heavy atom. The highest BCUT2D eigenvalue weighted by atomic mass is 16.3. The lowest BCUT2D eigenvalue weighted by Crippen LogP contribution is -2.34. The third-order valence-corrected chi connectivity index (χ3v) is 3.74. The molecule has 0 radical (unpaired) electrons. The predicted octanol–water partition coefficient (Wildman–Crippen LogP) is 3.14. The smallest absolute Gasteiger partial charge is 0.0439 e. The first-order valence-electron chi connectivity index (χ1n) is 5.23. The van der Waals surface area contributed by atoms with Crippen molar-refractivity contribution in [1.29, 1.82) is 0 Å². The Balaban J connectivity index is 2.81. The molecule has 1 heteroatoms. The average Bonchev–Trinajstić information content (AvgIpc) is 2.01. The van der Waals surface area contributed by atoms with Gasteiger partial charge in [-0.2, -0.15) is 0 Å². The minimum absolute atomic E-state index is 0.177. The molecule has 1 aliphatic carbocycles. The minimum atomic E-state index is 0.177. The SMILES string of the molecule is C=C1C(C)(C)CCCC1(C)CCO. The number of hydrogen-bond acceptors (Lipinski definition) is 1. The molecule has 0 saturated heterocycles. The van der Waals surface area contributed by atoms with E-state index in [0.717, 1.165) is 6.42 Å². The second-order valence-corrected chi connectivity index (χ2v) is 5.25. The molecule has 0 bridgehead atoms. The molecule has 0 amide bonds. The largest absolute Gasteiger partial charge is 0.396 e. The normalized spacial score (nSPS) is 33.4. The summed E-state index contributed by atoms with van der Waals surface area (Å²) in [4.78, 5) is 0. The van der Waals surface area contributed by atoms with Crippen molar-refractivity contribution in [3.63, 3.8) is 0 Å². The van der Waals surface area contributed by atoms with Crippen LogP contribution in [-0.4, -0.2) is 11.7 Å². The molecule has 1 N–H and O–H groups in total. The van der Waals surface area contributed by atoms with Crippen molar-refractivity contribution in [2.75, 3.05) is 6.61 Å². The van der Waals surface area contributed by atoms with Gasteiger partial charge in [0.1, 0.15) is 0 Å². The maximum absolute atomic E-state index is 9.03. The Hall–Kier alpha value is -0.300. The van der Waals surface area contributed by atoms with Gasteiger partial charge in [0.15, 0.2) is 0 Å². The molecule has 0 aromatic carbocycles. The Kier molecular flexibility index (Phi) is 2.86. The zero-order valence-electron chi connectivity index (χ0n) is 9.19. The number of allylic oxidation sites excluding steroid dienone is 1. The van der Waals surface area contributed by atoms with Crippen LogP contribution in [0, 0.1) is 10.8 Å². The Morgan fingerprint density at radius 2 is 1.92 bits per heavy atom. The maximum Gasteiger partial charge on any atom is 0.0439 e. The summed E-state index contributed by atoms with van der Waals surface area (Å²) in [6.07, 6.45) is 4.57. The van der Waals surface area contributed by atoms with E-state index in [1.165, 1.54) is 24.8 Å². The topological polar surface area (TPSA) is 20.2 Å². The summed E-state index contributed by atoms with van der Waals surface area (Å²) in [5.74, 6) is 0. The van der Waals surface area contributed by atoms with Gasteiger partial charge in [0.25, 0.3) is 0 Å². The van der Waals surface area contributed by atoms with Crippen LogP contribution in [0.2, 0.25) is 0 Å². The van der Waals surface area contributed by atoms with Gasteiger partial charge in [0, 0.05) is 6.61 Å². The lowest BCUT2D eigenvalue weighted by Gasteiger charge is -2.45. The third kappa shape index (κ3) is 1.96. The van der Waals surface area contributed by atoms with E-state index in [-0.39, 0.29) is 17.4 Å². The lowest BCUT2D eigenvalue weighted by molar-refractivity contribution is 0.150. The summed E-state index contributed by atoms with van der Waals surface area (Å²) in [7, 11) is 0. The zero-order valence-corrected chi connectivity index (χ0v) is 9.19. The van der Waals surface area contributed by atoms with Crippen LogP contribution in [0.25, 0.3) is 0 Å². The first kappa shape index (κ1) is 10.8. The first-order chi connectivity index (χ1) is 5.92. The molecule has 13 heavy (non-hydrogen) atoms. The molecule has 1 atom stereocenters. The number of aliphatic hydroxyl groups is 1. The fraction of sp³-hybridized carbons (Fsp3) is 0.833. The van der Waals surface area contributed by atoms with Gasteiger partial charge in [-0.3, -0.25) is 0 Å². The van der Waals surface area contributed by atoms with E-state index in [0.29, 0.717) is 0 Å². The van der Waals surface area contributed by atoms with E-state index in [4.69, 9.17) is 5.11 Å². The summed E-state index contributed by atoms with van der Waals surface area (Å²) >= 11 is 0. The maximum atomic E-state index is 9.03. The molecular formula is C12H22O. The van der Waals surface area contributed by atoms with E-state index in [9.17, 15) is 0 Å². The van der Waals surface area contributed by atoms with Crippen molar-refractivity contribution in [3.8, 4) is 0 Å². The van der Waals surface area contributed by atoms with Crippen LogP contribution < -0.4 is 0 Å². The standard InChI is InChI=1S/C12H22O/c1-10-11(2,3)6-5-7-12(10,4)8-9-13/h13H,1,5-9H2,2-4H3. The first-order valence-corrected chi connectivity index (χ1v) is 5.23. The van der Waals surface area contributed by atoms with Crippen LogP contribution in [0.15, 0.2) is 12.2 Å². The molecule has 1 fully saturated rings. The van der Waals surface area contributed by atoms with E-state index in [2.05, 4.69) is 27.4 Å². The van der Waals surface area contributed by atoms with Gasteiger partial charge in [0.2, 0.25) is 0 Å². The molecule has 1 saturated carbocycles. The molecule has 76 valence electrons. The second-order valence-electron chi connectivity index (χ2n) is 5.25. The van der Waals surface area contributed by atoms with Crippen LogP contribution >= 0.6 is 0 Å². The average molecular weight is 182 g/mol. The van der Waals surface area contributed by atoms with Crippen molar-refractivity contribution in [2.45, 2.75) is 46.5 Å². The zero-order chi connectivity index (χ0) is 10.1. The van der Waals surface area contributed by atoms with Gasteiger partial charge in [-0.25, -0.2) is 0 Å². The molecule has 0 spiro atoms. The molecule has 0 aliphatic heterocycles. The highest BCUT2D eigenvalue weighted by Crippen LogP contribution is 2.51. The van der Waals surface area contributed by atoms with Crippen LogP contribution in [0.1, 0.15) is 46.5 Å². The Morgan fingerprint density at radius 1 is 1.31 bits per heavy atom. The molecule has 1 nitrogen and oxygen atoms in total. The molecular weight excluding hydrogens is 160 g/mol. The monoisotopic (exact) mass is 182 g/mol. The lowest BCUT2D eigenvalue weighted by atomic mass is 9.60. The van der Waals surface area contributed by atoms with Gasteiger partial charge in [-0.15, -0.1) is 0 Å². The van der Waals surface area contributed by atoms with E-state index in [1.54, 1.807) is 0 Å². The fourth-order valence-electron chi connectivity index (χ4n) is 2.56. The van der Waals surface area contributed by atoms with Gasteiger partial charge in [-0.05, 0) is 30.1 Å². The third-order valence-electron chi connectivity index (χ3n) is 3.74. The molecule has 1 unspecified atom stereocenters. The van der Waals surface area contributed by atoms with Crippen molar-refractivity contribution in [3.05, 3.63) is 12.2 Å². The van der Waals surface area contributed by atoms with Gasteiger partial charge in [0.05, 0.1) is 0 Å². The number of aliphatic hydroxyl groups excluding tert-OH is 1. The number of rotatable bonds is 2. The minimum Gasteiger partial charge on any atom is -0.396 e. The quantitative estimate of drug-likeness (QED) is 0.650. The van der Waals surface area contributed by atoms with E-state index >= 15 is 0 Å². The van der Waals surface area contributed by atoms with Crippen LogP contribution in [0.3, 0.4) is 0 Å².